The van der Waals surface area contributed by atoms with Gasteiger partial charge in [-0.15, -0.1) is 0 Å². The standard InChI is InChI=1S/C19H21N5O4/c1-11(10-23(2)3)21-18(25)12-4-6-16(20-9-12)17-14-8-13(24(27)28)5-7-15(14)22-19(17)26/h4-9,11,17H,10H2,1-3H3,(H,21,25)(H,22,26). The first-order valence-electron chi connectivity index (χ1n) is 8.77. The molecule has 0 saturated heterocycles. The molecular weight excluding hydrogens is 362 g/mol. The van der Waals surface area contributed by atoms with Gasteiger partial charge in [0.05, 0.1) is 16.2 Å². The summed E-state index contributed by atoms with van der Waals surface area (Å²) in [5.74, 6) is -1.31. The molecule has 0 aliphatic carbocycles. The van der Waals surface area contributed by atoms with Gasteiger partial charge in [-0.2, -0.15) is 0 Å². The average molecular weight is 383 g/mol. The second-order valence-corrected chi connectivity index (χ2v) is 7.06. The number of rotatable bonds is 6. The van der Waals surface area contributed by atoms with Crippen LogP contribution in [0.4, 0.5) is 11.4 Å². The molecule has 9 nitrogen and oxygen atoms in total. The molecule has 0 radical (unpaired) electrons. The van der Waals surface area contributed by atoms with Gasteiger partial charge in [-0.05, 0) is 39.2 Å². The van der Waals surface area contributed by atoms with E-state index in [4.69, 9.17) is 0 Å². The van der Waals surface area contributed by atoms with Crippen LogP contribution in [0.15, 0.2) is 36.5 Å². The molecule has 28 heavy (non-hydrogen) atoms. The summed E-state index contributed by atoms with van der Waals surface area (Å²) >= 11 is 0. The zero-order valence-electron chi connectivity index (χ0n) is 15.8. The van der Waals surface area contributed by atoms with Crippen molar-refractivity contribution < 1.29 is 14.5 Å². The predicted molar refractivity (Wildman–Crippen MR) is 103 cm³/mol. The number of carbonyl (C=O) groups excluding carboxylic acids is 2. The minimum Gasteiger partial charge on any atom is -0.348 e. The van der Waals surface area contributed by atoms with Gasteiger partial charge in [0.15, 0.2) is 0 Å². The zero-order valence-corrected chi connectivity index (χ0v) is 15.8. The van der Waals surface area contributed by atoms with Gasteiger partial charge in [0.2, 0.25) is 5.91 Å². The van der Waals surface area contributed by atoms with Crippen LogP contribution in [0.3, 0.4) is 0 Å². The number of amides is 2. The van der Waals surface area contributed by atoms with Crippen LogP contribution >= 0.6 is 0 Å². The number of hydrogen-bond acceptors (Lipinski definition) is 6. The van der Waals surface area contributed by atoms with Crippen molar-refractivity contribution in [3.63, 3.8) is 0 Å². The van der Waals surface area contributed by atoms with Gasteiger partial charge in [-0.25, -0.2) is 0 Å². The molecule has 146 valence electrons. The number of nitro groups is 1. The fourth-order valence-electron chi connectivity index (χ4n) is 3.27. The highest BCUT2D eigenvalue weighted by atomic mass is 16.6. The van der Waals surface area contributed by atoms with Gasteiger partial charge in [0, 0.05) is 42.2 Å². The van der Waals surface area contributed by atoms with Crippen molar-refractivity contribution in [2.75, 3.05) is 26.0 Å². The fraction of sp³-hybridized carbons (Fsp3) is 0.316. The second kappa shape index (κ2) is 7.73. The van der Waals surface area contributed by atoms with E-state index in [1.165, 1.54) is 24.4 Å². The highest BCUT2D eigenvalue weighted by Gasteiger charge is 2.34. The van der Waals surface area contributed by atoms with Gasteiger partial charge in [-0.1, -0.05) is 0 Å². The molecule has 2 heterocycles. The van der Waals surface area contributed by atoms with E-state index in [9.17, 15) is 19.7 Å². The number of nitro benzene ring substituents is 1. The Kier molecular flexibility index (Phi) is 5.36. The predicted octanol–water partition coefficient (Wildman–Crippen LogP) is 1.75. The molecule has 0 fully saturated rings. The normalized spacial score (nSPS) is 16.4. The third-order valence-electron chi connectivity index (χ3n) is 4.44. The molecule has 1 aromatic heterocycles. The summed E-state index contributed by atoms with van der Waals surface area (Å²) in [6, 6.07) is 7.40. The summed E-state index contributed by atoms with van der Waals surface area (Å²) in [6.07, 6.45) is 1.41. The van der Waals surface area contributed by atoms with Crippen molar-refractivity contribution in [1.82, 2.24) is 15.2 Å². The Labute approximate surface area is 161 Å². The Hall–Kier alpha value is -3.33. The quantitative estimate of drug-likeness (QED) is 0.580. The maximum atomic E-state index is 12.4. The van der Waals surface area contributed by atoms with E-state index in [0.717, 1.165) is 0 Å². The van der Waals surface area contributed by atoms with Gasteiger partial charge in [-0.3, -0.25) is 24.7 Å². The van der Waals surface area contributed by atoms with Crippen LogP contribution in [-0.4, -0.2) is 53.3 Å². The number of non-ortho nitro benzene ring substituents is 1. The molecule has 2 atom stereocenters. The Bertz CT molecular complexity index is 926. The number of pyridine rings is 1. The Morgan fingerprint density at radius 1 is 1.36 bits per heavy atom. The highest BCUT2D eigenvalue weighted by Crippen LogP contribution is 2.38. The molecule has 1 aromatic carbocycles. The number of fused-ring (bicyclic) bond motifs is 1. The third-order valence-corrected chi connectivity index (χ3v) is 4.44. The molecule has 2 aromatic rings. The second-order valence-electron chi connectivity index (χ2n) is 7.06. The molecule has 2 amide bonds. The number of nitrogens with zero attached hydrogens (tertiary/aromatic N) is 3. The Morgan fingerprint density at radius 3 is 2.71 bits per heavy atom. The lowest BCUT2D eigenvalue weighted by molar-refractivity contribution is -0.384. The van der Waals surface area contributed by atoms with Crippen LogP contribution < -0.4 is 10.6 Å². The highest BCUT2D eigenvalue weighted by molar-refractivity contribution is 6.05. The monoisotopic (exact) mass is 383 g/mol. The molecule has 0 spiro atoms. The lowest BCUT2D eigenvalue weighted by Crippen LogP contribution is -2.39. The third kappa shape index (κ3) is 3.99. The average Bonchev–Trinajstić information content (AvgIpc) is 2.95. The molecule has 2 N–H and O–H groups in total. The number of benzene rings is 1. The van der Waals surface area contributed by atoms with Gasteiger partial charge in [0.1, 0.15) is 5.92 Å². The van der Waals surface area contributed by atoms with E-state index >= 15 is 0 Å². The summed E-state index contributed by atoms with van der Waals surface area (Å²) in [7, 11) is 3.85. The minimum absolute atomic E-state index is 0.0322. The van der Waals surface area contributed by atoms with Crippen molar-refractivity contribution >= 4 is 23.2 Å². The molecule has 0 saturated carbocycles. The van der Waals surface area contributed by atoms with Crippen LogP contribution in [0.2, 0.25) is 0 Å². The van der Waals surface area contributed by atoms with Crippen molar-refractivity contribution in [2.45, 2.75) is 18.9 Å². The number of hydrogen-bond donors (Lipinski definition) is 2. The van der Waals surface area contributed by atoms with Crippen LogP contribution in [0.25, 0.3) is 0 Å². The first-order valence-corrected chi connectivity index (χ1v) is 8.77. The number of aromatic nitrogens is 1. The molecule has 1 aliphatic heterocycles. The van der Waals surface area contributed by atoms with E-state index in [0.29, 0.717) is 29.1 Å². The SMILES string of the molecule is CC(CN(C)C)NC(=O)c1ccc(C2C(=O)Nc3ccc([N+](=O)[O-])cc32)nc1. The topological polar surface area (TPSA) is 117 Å². The molecule has 0 bridgehead atoms. The summed E-state index contributed by atoms with van der Waals surface area (Å²) in [5.41, 5.74) is 1.75. The van der Waals surface area contributed by atoms with Crippen LogP contribution in [-0.2, 0) is 4.79 Å². The number of anilines is 1. The van der Waals surface area contributed by atoms with Crippen LogP contribution in [0.5, 0.6) is 0 Å². The first kappa shape index (κ1) is 19.4. The molecule has 9 heteroatoms. The zero-order chi connectivity index (χ0) is 20.4. The summed E-state index contributed by atoms with van der Waals surface area (Å²) < 4.78 is 0. The maximum absolute atomic E-state index is 12.4. The number of likely N-dealkylation sites (N-methyl/N-ethyl adjacent to an activating group) is 1. The lowest BCUT2D eigenvalue weighted by atomic mass is 9.96. The van der Waals surface area contributed by atoms with E-state index in [2.05, 4.69) is 15.6 Å². The summed E-state index contributed by atoms with van der Waals surface area (Å²) in [5, 5.41) is 16.6. The number of nitrogens with one attached hydrogen (secondary N) is 2. The van der Waals surface area contributed by atoms with Crippen LogP contribution in [0, 0.1) is 10.1 Å². The van der Waals surface area contributed by atoms with Gasteiger partial charge < -0.3 is 15.5 Å². The molecule has 2 unspecified atom stereocenters. The van der Waals surface area contributed by atoms with Gasteiger partial charge >= 0.3 is 0 Å². The first-order chi connectivity index (χ1) is 13.3. The fourth-order valence-corrected chi connectivity index (χ4v) is 3.27. The largest absolute Gasteiger partial charge is 0.348 e. The molecule has 3 rings (SSSR count). The molecule has 1 aliphatic rings. The Morgan fingerprint density at radius 2 is 2.11 bits per heavy atom. The van der Waals surface area contributed by atoms with E-state index in [1.54, 1.807) is 12.1 Å². The smallest absolute Gasteiger partial charge is 0.269 e. The van der Waals surface area contributed by atoms with Gasteiger partial charge in [0.25, 0.3) is 11.6 Å². The van der Waals surface area contributed by atoms with E-state index in [1.807, 2.05) is 25.9 Å². The molecular formula is C19H21N5O4. The maximum Gasteiger partial charge on any atom is 0.269 e. The van der Waals surface area contributed by atoms with Crippen molar-refractivity contribution in [3.05, 3.63) is 63.5 Å². The summed E-state index contributed by atoms with van der Waals surface area (Å²) in [4.78, 5) is 41.5. The number of carbonyl (C=O) groups is 2. The van der Waals surface area contributed by atoms with E-state index < -0.39 is 10.8 Å². The summed E-state index contributed by atoms with van der Waals surface area (Å²) in [6.45, 7) is 2.61. The van der Waals surface area contributed by atoms with E-state index in [-0.39, 0.29) is 23.5 Å². The van der Waals surface area contributed by atoms with Crippen LogP contribution in [0.1, 0.15) is 34.5 Å². The minimum atomic E-state index is -0.750. The van der Waals surface area contributed by atoms with Crippen molar-refractivity contribution in [1.29, 1.82) is 0 Å². The van der Waals surface area contributed by atoms with Crippen molar-refractivity contribution in [2.24, 2.45) is 0 Å². The van der Waals surface area contributed by atoms with Crippen molar-refractivity contribution in [3.8, 4) is 0 Å². The lowest BCUT2D eigenvalue weighted by Gasteiger charge is -2.18. The Balaban J connectivity index is 1.81.